The number of aromatic nitrogens is 2. The Hall–Kier alpha value is -3.29. The molecule has 6 nitrogen and oxygen atoms in total. The molecule has 0 amide bonds. The molecule has 33 heavy (non-hydrogen) atoms. The second kappa shape index (κ2) is 8.92. The van der Waals surface area contributed by atoms with Crippen molar-refractivity contribution in [2.45, 2.75) is 38.1 Å². The van der Waals surface area contributed by atoms with E-state index in [2.05, 4.69) is 0 Å². The van der Waals surface area contributed by atoms with Crippen molar-refractivity contribution in [3.8, 4) is 5.69 Å². The van der Waals surface area contributed by atoms with Crippen LogP contribution in [0.15, 0.2) is 82.5 Å². The Morgan fingerprint density at radius 3 is 2.27 bits per heavy atom. The number of sulfonamides is 1. The molecule has 0 fully saturated rings. The van der Waals surface area contributed by atoms with Crippen molar-refractivity contribution in [1.29, 1.82) is 0 Å². The molecule has 1 unspecified atom stereocenters. The summed E-state index contributed by atoms with van der Waals surface area (Å²) in [6.45, 7) is 5.89. The van der Waals surface area contributed by atoms with Gasteiger partial charge in [-0.1, -0.05) is 43.3 Å². The number of benzene rings is 3. The van der Waals surface area contributed by atoms with Gasteiger partial charge in [-0.2, -0.15) is 4.31 Å². The summed E-state index contributed by atoms with van der Waals surface area (Å²) in [7, 11) is -2.26. The number of hydrogen-bond acceptors (Lipinski definition) is 4. The van der Waals surface area contributed by atoms with E-state index in [4.69, 9.17) is 4.98 Å². The molecule has 0 saturated carbocycles. The van der Waals surface area contributed by atoms with Crippen molar-refractivity contribution in [3.05, 3.63) is 100 Å². The Labute approximate surface area is 194 Å². The summed E-state index contributed by atoms with van der Waals surface area (Å²) in [6.07, 6.45) is 0.443. The normalized spacial score (nSPS) is 12.9. The SMILES string of the molecule is CCC(c1nc2ccccc2c(=O)n1-c1ccc(C)c(C)c1)N(C)S(=O)(=O)c1ccccc1. The molecule has 170 valence electrons. The molecule has 3 aromatic carbocycles. The van der Waals surface area contributed by atoms with Crippen molar-refractivity contribution in [1.82, 2.24) is 13.9 Å². The Kier molecular flexibility index (Phi) is 6.19. The van der Waals surface area contributed by atoms with Gasteiger partial charge in [0, 0.05) is 7.05 Å². The van der Waals surface area contributed by atoms with Gasteiger partial charge in [-0.15, -0.1) is 0 Å². The monoisotopic (exact) mass is 461 g/mol. The third-order valence-electron chi connectivity index (χ3n) is 6.09. The van der Waals surface area contributed by atoms with Crippen LogP contribution in [-0.2, 0) is 10.0 Å². The molecule has 1 atom stereocenters. The van der Waals surface area contributed by atoms with Crippen molar-refractivity contribution < 1.29 is 8.42 Å². The number of nitrogens with zero attached hydrogens (tertiary/aromatic N) is 3. The summed E-state index contributed by atoms with van der Waals surface area (Å²) in [5.41, 5.74) is 3.14. The maximum Gasteiger partial charge on any atom is 0.266 e. The number of aryl methyl sites for hydroxylation is 2. The Balaban J connectivity index is 1.98. The van der Waals surface area contributed by atoms with E-state index < -0.39 is 16.1 Å². The van der Waals surface area contributed by atoms with Crippen LogP contribution in [-0.4, -0.2) is 29.3 Å². The predicted molar refractivity (Wildman–Crippen MR) is 131 cm³/mol. The van der Waals surface area contributed by atoms with Crippen LogP contribution >= 0.6 is 0 Å². The van der Waals surface area contributed by atoms with Crippen molar-refractivity contribution >= 4 is 20.9 Å². The van der Waals surface area contributed by atoms with Crippen LogP contribution < -0.4 is 5.56 Å². The Bertz CT molecular complexity index is 1480. The maximum atomic E-state index is 13.7. The molecule has 0 radical (unpaired) electrons. The van der Waals surface area contributed by atoms with E-state index in [0.29, 0.717) is 28.8 Å². The average Bonchev–Trinajstić information content (AvgIpc) is 2.82. The second-order valence-electron chi connectivity index (χ2n) is 8.15. The molecular formula is C26H27N3O3S. The van der Waals surface area contributed by atoms with Gasteiger partial charge >= 0.3 is 0 Å². The highest BCUT2D eigenvalue weighted by Gasteiger charge is 2.31. The lowest BCUT2D eigenvalue weighted by Gasteiger charge is -2.28. The van der Waals surface area contributed by atoms with Crippen molar-refractivity contribution in [2.75, 3.05) is 7.05 Å². The zero-order chi connectivity index (χ0) is 23.8. The minimum Gasteiger partial charge on any atom is -0.268 e. The standard InChI is InChI=1S/C26H27N3O3S/c1-5-24(28(4)33(31,32)21-11-7-6-8-12-21)25-27-23-14-10-9-13-22(23)26(30)29(25)20-16-15-18(2)19(3)17-20/h6-17,24H,5H2,1-4H3. The lowest BCUT2D eigenvalue weighted by molar-refractivity contribution is 0.347. The van der Waals surface area contributed by atoms with Gasteiger partial charge in [0.2, 0.25) is 10.0 Å². The van der Waals surface area contributed by atoms with Crippen LogP contribution in [0.2, 0.25) is 0 Å². The molecule has 4 aromatic rings. The molecule has 0 aliphatic carbocycles. The van der Waals surface area contributed by atoms with Gasteiger partial charge in [0.05, 0.1) is 27.5 Å². The summed E-state index contributed by atoms with van der Waals surface area (Å²) < 4.78 is 29.7. The van der Waals surface area contributed by atoms with E-state index in [-0.39, 0.29) is 10.5 Å². The van der Waals surface area contributed by atoms with Gasteiger partial charge in [-0.25, -0.2) is 13.4 Å². The summed E-state index contributed by atoms with van der Waals surface area (Å²) in [5, 5.41) is 0.489. The second-order valence-corrected chi connectivity index (χ2v) is 10.2. The summed E-state index contributed by atoms with van der Waals surface area (Å²) >= 11 is 0. The fraction of sp³-hybridized carbons (Fsp3) is 0.231. The zero-order valence-electron chi connectivity index (χ0n) is 19.2. The molecule has 0 saturated heterocycles. The predicted octanol–water partition coefficient (Wildman–Crippen LogP) is 4.77. The van der Waals surface area contributed by atoms with Gasteiger partial charge in [-0.05, 0) is 67.8 Å². The number of hydrogen-bond donors (Lipinski definition) is 0. The van der Waals surface area contributed by atoms with Gasteiger partial charge in [0.25, 0.3) is 5.56 Å². The van der Waals surface area contributed by atoms with E-state index in [1.807, 2.05) is 45.0 Å². The molecular weight excluding hydrogens is 434 g/mol. The summed E-state index contributed by atoms with van der Waals surface area (Å²) in [5.74, 6) is 0.395. The smallest absolute Gasteiger partial charge is 0.266 e. The third kappa shape index (κ3) is 4.10. The number of rotatable bonds is 6. The molecule has 0 bridgehead atoms. The third-order valence-corrected chi connectivity index (χ3v) is 7.97. The van der Waals surface area contributed by atoms with Gasteiger partial charge < -0.3 is 0 Å². The average molecular weight is 462 g/mol. The van der Waals surface area contributed by atoms with Crippen LogP contribution in [0.4, 0.5) is 0 Å². The highest BCUT2D eigenvalue weighted by molar-refractivity contribution is 7.89. The van der Waals surface area contributed by atoms with Crippen molar-refractivity contribution in [2.24, 2.45) is 0 Å². The highest BCUT2D eigenvalue weighted by atomic mass is 32.2. The molecule has 0 spiro atoms. The molecule has 1 aromatic heterocycles. The quantitative estimate of drug-likeness (QED) is 0.414. The van der Waals surface area contributed by atoms with Crippen LogP contribution in [0.1, 0.15) is 36.3 Å². The van der Waals surface area contributed by atoms with E-state index in [1.165, 1.54) is 4.31 Å². The largest absolute Gasteiger partial charge is 0.268 e. The molecule has 4 rings (SSSR count). The minimum absolute atomic E-state index is 0.201. The van der Waals surface area contributed by atoms with Gasteiger partial charge in [0.1, 0.15) is 5.82 Å². The van der Waals surface area contributed by atoms with E-state index in [1.54, 1.807) is 60.1 Å². The molecule has 7 heteroatoms. The lowest BCUT2D eigenvalue weighted by Crippen LogP contribution is -2.36. The Morgan fingerprint density at radius 1 is 0.939 bits per heavy atom. The first-order valence-corrected chi connectivity index (χ1v) is 12.3. The first kappa shape index (κ1) is 22.9. The highest BCUT2D eigenvalue weighted by Crippen LogP contribution is 2.29. The summed E-state index contributed by atoms with van der Waals surface area (Å²) in [6, 6.07) is 20.6. The topological polar surface area (TPSA) is 72.3 Å². The van der Waals surface area contributed by atoms with E-state index in [0.717, 1.165) is 11.1 Å². The Morgan fingerprint density at radius 2 is 1.61 bits per heavy atom. The molecule has 0 aliphatic heterocycles. The summed E-state index contributed by atoms with van der Waals surface area (Å²) in [4.78, 5) is 18.7. The van der Waals surface area contributed by atoms with Crippen LogP contribution in [0.5, 0.6) is 0 Å². The van der Waals surface area contributed by atoms with E-state index in [9.17, 15) is 13.2 Å². The van der Waals surface area contributed by atoms with Crippen LogP contribution in [0, 0.1) is 13.8 Å². The fourth-order valence-electron chi connectivity index (χ4n) is 4.02. The minimum atomic E-state index is -3.80. The maximum absolute atomic E-state index is 13.7. The van der Waals surface area contributed by atoms with Gasteiger partial charge in [0.15, 0.2) is 0 Å². The van der Waals surface area contributed by atoms with E-state index >= 15 is 0 Å². The van der Waals surface area contributed by atoms with Gasteiger partial charge in [-0.3, -0.25) is 9.36 Å². The molecule has 0 aliphatic rings. The fourth-order valence-corrected chi connectivity index (χ4v) is 5.43. The molecule has 1 heterocycles. The van der Waals surface area contributed by atoms with Crippen LogP contribution in [0.25, 0.3) is 16.6 Å². The molecule has 0 N–H and O–H groups in total. The zero-order valence-corrected chi connectivity index (χ0v) is 20.0. The van der Waals surface area contributed by atoms with Crippen LogP contribution in [0.3, 0.4) is 0 Å². The first-order valence-electron chi connectivity index (χ1n) is 10.9. The first-order chi connectivity index (χ1) is 15.8. The number of fused-ring (bicyclic) bond motifs is 1. The van der Waals surface area contributed by atoms with Crippen molar-refractivity contribution in [3.63, 3.8) is 0 Å². The lowest BCUT2D eigenvalue weighted by atomic mass is 10.1. The number of para-hydroxylation sites is 1.